The van der Waals surface area contributed by atoms with E-state index in [9.17, 15) is 24.1 Å². The summed E-state index contributed by atoms with van der Waals surface area (Å²) in [5.41, 5.74) is 4.16. The number of amides is 2. The highest BCUT2D eigenvalue weighted by Gasteiger charge is 2.19. The third-order valence-corrected chi connectivity index (χ3v) is 4.14. The average molecular weight is 473 g/mol. The largest absolute Gasteiger partial charge is 0.481 e. The van der Waals surface area contributed by atoms with Gasteiger partial charge in [0, 0.05) is 15.7 Å². The number of ether oxygens (including phenoxy) is 1. The molecule has 136 valence electrons. The molecule has 2 N–H and O–H groups in total. The first-order valence-corrected chi connectivity index (χ1v) is 8.32. The van der Waals surface area contributed by atoms with Gasteiger partial charge in [-0.25, -0.2) is 4.39 Å². The molecule has 10 heteroatoms. The number of hydrogen-bond donors (Lipinski definition) is 2. The molecule has 0 aliphatic heterocycles. The summed E-state index contributed by atoms with van der Waals surface area (Å²) >= 11 is 1.85. The van der Waals surface area contributed by atoms with Crippen LogP contribution in [0, 0.1) is 19.5 Å². The molecule has 2 rings (SSSR count). The lowest BCUT2D eigenvalue weighted by Crippen LogP contribution is -2.47. The van der Waals surface area contributed by atoms with Gasteiger partial charge in [0.15, 0.2) is 6.10 Å². The van der Waals surface area contributed by atoms with Crippen molar-refractivity contribution >= 4 is 40.1 Å². The van der Waals surface area contributed by atoms with Crippen molar-refractivity contribution in [3.63, 3.8) is 0 Å². The second-order valence-electron chi connectivity index (χ2n) is 5.08. The van der Waals surface area contributed by atoms with Crippen molar-refractivity contribution in [3.8, 4) is 5.75 Å². The van der Waals surface area contributed by atoms with Crippen LogP contribution in [0.25, 0.3) is 0 Å². The lowest BCUT2D eigenvalue weighted by molar-refractivity contribution is -0.384. The molecule has 2 aromatic rings. The number of non-ortho nitro benzene ring substituents is 1. The van der Waals surface area contributed by atoms with Gasteiger partial charge in [0.05, 0.1) is 10.5 Å². The molecule has 1 unspecified atom stereocenters. The van der Waals surface area contributed by atoms with Crippen LogP contribution in [0.5, 0.6) is 5.75 Å². The summed E-state index contributed by atoms with van der Waals surface area (Å²) in [5, 5.41) is 10.8. The first-order chi connectivity index (χ1) is 12.3. The number of hydrazine groups is 1. The topological polar surface area (TPSA) is 111 Å². The zero-order valence-electron chi connectivity index (χ0n) is 13.4. The maximum atomic E-state index is 12.8. The van der Waals surface area contributed by atoms with Crippen LogP contribution in [0.1, 0.15) is 17.3 Å². The molecule has 26 heavy (non-hydrogen) atoms. The van der Waals surface area contributed by atoms with Gasteiger partial charge in [-0.15, -0.1) is 0 Å². The number of nitro groups is 1. The lowest BCUT2D eigenvalue weighted by atomic mass is 10.2. The maximum absolute atomic E-state index is 12.8. The Hall–Kier alpha value is -2.76. The minimum absolute atomic E-state index is 0.0483. The summed E-state index contributed by atoms with van der Waals surface area (Å²) in [5.74, 6) is -1.51. The Morgan fingerprint density at radius 1 is 1.19 bits per heavy atom. The average Bonchev–Trinajstić information content (AvgIpc) is 2.61. The minimum atomic E-state index is -0.968. The summed E-state index contributed by atoms with van der Waals surface area (Å²) in [6.45, 7) is 1.45. The lowest BCUT2D eigenvalue weighted by Gasteiger charge is -2.15. The first-order valence-electron chi connectivity index (χ1n) is 7.24. The Morgan fingerprint density at radius 2 is 1.85 bits per heavy atom. The Bertz CT molecular complexity index is 844. The van der Waals surface area contributed by atoms with Crippen LogP contribution in [-0.2, 0) is 4.79 Å². The summed E-state index contributed by atoms with van der Waals surface area (Å²) in [7, 11) is 0. The van der Waals surface area contributed by atoms with E-state index in [1.54, 1.807) is 0 Å². The standard InChI is InChI=1S/C16H13FIN3O5/c1-9(26-12-5-2-10(17)3-6-12)15(22)19-20-16(23)13-8-11(21(24)25)4-7-14(13)18/h2-9H,1H3,(H,19,22)(H,20,23). The number of nitro benzene ring substituents is 1. The highest BCUT2D eigenvalue weighted by Crippen LogP contribution is 2.19. The van der Waals surface area contributed by atoms with Crippen LogP contribution < -0.4 is 15.6 Å². The predicted molar refractivity (Wildman–Crippen MR) is 97.9 cm³/mol. The molecule has 0 radical (unpaired) electrons. The Morgan fingerprint density at radius 3 is 2.46 bits per heavy atom. The number of benzene rings is 2. The van der Waals surface area contributed by atoms with Gasteiger partial charge in [0.1, 0.15) is 11.6 Å². The van der Waals surface area contributed by atoms with E-state index < -0.39 is 28.7 Å². The van der Waals surface area contributed by atoms with Crippen LogP contribution in [0.2, 0.25) is 0 Å². The molecule has 1 atom stereocenters. The fourth-order valence-corrected chi connectivity index (χ4v) is 2.44. The highest BCUT2D eigenvalue weighted by atomic mass is 127. The predicted octanol–water partition coefficient (Wildman–Crippen LogP) is 2.57. The summed E-state index contributed by atoms with van der Waals surface area (Å²) in [6, 6.07) is 8.91. The zero-order valence-corrected chi connectivity index (χ0v) is 15.5. The van der Waals surface area contributed by atoms with E-state index in [0.717, 1.165) is 6.07 Å². The van der Waals surface area contributed by atoms with Crippen LogP contribution in [-0.4, -0.2) is 22.8 Å². The Balaban J connectivity index is 1.96. The van der Waals surface area contributed by atoms with Gasteiger partial charge in [0.2, 0.25) is 0 Å². The van der Waals surface area contributed by atoms with E-state index in [1.165, 1.54) is 43.3 Å². The van der Waals surface area contributed by atoms with Gasteiger partial charge in [-0.3, -0.25) is 30.6 Å². The van der Waals surface area contributed by atoms with Gasteiger partial charge in [-0.1, -0.05) is 0 Å². The smallest absolute Gasteiger partial charge is 0.279 e. The van der Waals surface area contributed by atoms with Crippen molar-refractivity contribution in [1.29, 1.82) is 0 Å². The molecule has 0 fully saturated rings. The van der Waals surface area contributed by atoms with Gasteiger partial charge >= 0.3 is 0 Å². The van der Waals surface area contributed by atoms with E-state index in [4.69, 9.17) is 4.74 Å². The van der Waals surface area contributed by atoms with Crippen molar-refractivity contribution in [2.45, 2.75) is 13.0 Å². The molecule has 0 saturated heterocycles. The third-order valence-electron chi connectivity index (χ3n) is 3.20. The molecule has 0 spiro atoms. The van der Waals surface area contributed by atoms with Crippen molar-refractivity contribution in [3.05, 3.63) is 67.5 Å². The SMILES string of the molecule is CC(Oc1ccc(F)cc1)C(=O)NNC(=O)c1cc([N+](=O)[O-])ccc1I. The number of nitrogens with one attached hydrogen (secondary N) is 2. The summed E-state index contributed by atoms with van der Waals surface area (Å²) < 4.78 is 18.6. The van der Waals surface area contributed by atoms with Crippen molar-refractivity contribution in [2.24, 2.45) is 0 Å². The second-order valence-corrected chi connectivity index (χ2v) is 6.24. The zero-order chi connectivity index (χ0) is 19.3. The molecular weight excluding hydrogens is 460 g/mol. The van der Waals surface area contributed by atoms with Crippen LogP contribution in [0.3, 0.4) is 0 Å². The summed E-state index contributed by atoms with van der Waals surface area (Å²) in [6.07, 6.45) is -0.968. The number of carbonyl (C=O) groups is 2. The number of hydrogen-bond acceptors (Lipinski definition) is 5. The normalized spacial score (nSPS) is 11.3. The molecule has 0 aromatic heterocycles. The van der Waals surface area contributed by atoms with E-state index >= 15 is 0 Å². The first kappa shape index (κ1) is 19.6. The van der Waals surface area contributed by atoms with E-state index in [-0.39, 0.29) is 17.0 Å². The third kappa shape index (κ3) is 5.12. The van der Waals surface area contributed by atoms with Gasteiger partial charge in [-0.2, -0.15) is 0 Å². The van der Waals surface area contributed by atoms with Crippen LogP contribution >= 0.6 is 22.6 Å². The van der Waals surface area contributed by atoms with E-state index in [1.807, 2.05) is 22.6 Å². The minimum Gasteiger partial charge on any atom is -0.481 e. The van der Waals surface area contributed by atoms with Crippen molar-refractivity contribution in [1.82, 2.24) is 10.9 Å². The van der Waals surface area contributed by atoms with E-state index in [0.29, 0.717) is 3.57 Å². The number of carbonyl (C=O) groups excluding carboxylic acids is 2. The molecule has 0 aliphatic rings. The van der Waals surface area contributed by atoms with Gasteiger partial charge in [-0.05, 0) is 59.8 Å². The molecule has 2 amide bonds. The maximum Gasteiger partial charge on any atom is 0.279 e. The number of rotatable bonds is 5. The fraction of sp³-hybridized carbons (Fsp3) is 0.125. The molecule has 0 heterocycles. The highest BCUT2D eigenvalue weighted by molar-refractivity contribution is 14.1. The Labute approximate surface area is 161 Å². The number of halogens is 2. The monoisotopic (exact) mass is 473 g/mol. The molecule has 0 saturated carbocycles. The number of nitrogens with zero attached hydrogens (tertiary/aromatic N) is 1. The van der Waals surface area contributed by atoms with Crippen molar-refractivity contribution in [2.75, 3.05) is 0 Å². The summed E-state index contributed by atoms with van der Waals surface area (Å²) in [4.78, 5) is 34.3. The molecule has 0 aliphatic carbocycles. The quantitative estimate of drug-likeness (QED) is 0.394. The van der Waals surface area contributed by atoms with Crippen LogP contribution in [0.4, 0.5) is 10.1 Å². The Kier molecular flexibility index (Phi) is 6.44. The van der Waals surface area contributed by atoms with Crippen molar-refractivity contribution < 1.29 is 23.6 Å². The molecule has 0 bridgehead atoms. The second kappa shape index (κ2) is 8.56. The fourth-order valence-electron chi connectivity index (χ4n) is 1.86. The molecule has 2 aromatic carbocycles. The molecule has 8 nitrogen and oxygen atoms in total. The van der Waals surface area contributed by atoms with Crippen LogP contribution in [0.15, 0.2) is 42.5 Å². The van der Waals surface area contributed by atoms with Gasteiger partial charge in [0.25, 0.3) is 17.5 Å². The van der Waals surface area contributed by atoms with E-state index in [2.05, 4.69) is 10.9 Å². The van der Waals surface area contributed by atoms with Gasteiger partial charge < -0.3 is 4.74 Å². The molecular formula is C16H13FIN3O5.